The van der Waals surface area contributed by atoms with Crippen LogP contribution in [-0.2, 0) is 17.4 Å². The van der Waals surface area contributed by atoms with Gasteiger partial charge in [0.05, 0.1) is 22.1 Å². The van der Waals surface area contributed by atoms with E-state index in [0.717, 1.165) is 6.54 Å². The molecule has 0 unspecified atom stereocenters. The first-order valence-corrected chi connectivity index (χ1v) is 16.4. The van der Waals surface area contributed by atoms with E-state index in [1.165, 1.54) is 89.6 Å². The lowest BCUT2D eigenvalue weighted by atomic mass is 9.63. The SMILES string of the molecule is CC1(C)CCC(C)(C)c2cc3c(cc21)c1cc2c4c5ccccc5ccc4n(Cc4ccccc4)c2cc1n3-c1ccccc1. The van der Waals surface area contributed by atoms with Crippen LogP contribution in [0, 0.1) is 0 Å². The molecular formula is C43H38N2. The molecule has 2 nitrogen and oxygen atoms in total. The molecule has 6 aromatic carbocycles. The van der Waals surface area contributed by atoms with E-state index in [1.54, 1.807) is 0 Å². The molecule has 0 N–H and O–H groups in total. The number of para-hydroxylation sites is 1. The first kappa shape index (κ1) is 26.6. The molecule has 8 aromatic rings. The Labute approximate surface area is 264 Å². The fourth-order valence-electron chi connectivity index (χ4n) is 8.22. The van der Waals surface area contributed by atoms with Crippen molar-refractivity contribution in [2.24, 2.45) is 0 Å². The highest BCUT2D eigenvalue weighted by Crippen LogP contribution is 2.49. The van der Waals surface area contributed by atoms with Gasteiger partial charge in [-0.3, -0.25) is 0 Å². The standard InChI is InChI=1S/C43H38N2/c1-42(2)21-22-43(3,4)36-25-39-33(24-35(36)42)32-23-34-38(26-40(32)45(39)30-16-9-6-10-17-30)44(27-28-13-7-5-8-14-28)37-20-19-29-15-11-12-18-31(29)41(34)37/h5-20,23-26H,21-22,27H2,1-4H3. The summed E-state index contributed by atoms with van der Waals surface area (Å²) in [5.74, 6) is 0. The van der Waals surface area contributed by atoms with Gasteiger partial charge in [0.2, 0.25) is 0 Å². The summed E-state index contributed by atoms with van der Waals surface area (Å²) in [6.45, 7) is 10.6. The predicted octanol–water partition coefficient (Wildman–Crippen LogP) is 11.4. The molecule has 45 heavy (non-hydrogen) atoms. The van der Waals surface area contributed by atoms with Crippen molar-refractivity contribution in [2.45, 2.75) is 57.9 Å². The number of aromatic nitrogens is 2. The van der Waals surface area contributed by atoms with E-state index in [9.17, 15) is 0 Å². The normalized spacial score (nSPS) is 15.8. The lowest BCUT2D eigenvalue weighted by Crippen LogP contribution is -2.33. The van der Waals surface area contributed by atoms with E-state index >= 15 is 0 Å². The van der Waals surface area contributed by atoms with Gasteiger partial charge in [-0.25, -0.2) is 0 Å². The number of hydrogen-bond donors (Lipinski definition) is 0. The zero-order chi connectivity index (χ0) is 30.5. The second-order valence-electron chi connectivity index (χ2n) is 14.5. The van der Waals surface area contributed by atoms with Crippen LogP contribution in [0.5, 0.6) is 0 Å². The lowest BCUT2D eigenvalue weighted by Gasteiger charge is -2.42. The van der Waals surface area contributed by atoms with Gasteiger partial charge in [0.25, 0.3) is 0 Å². The summed E-state index contributed by atoms with van der Waals surface area (Å²) in [6.07, 6.45) is 2.41. The summed E-state index contributed by atoms with van der Waals surface area (Å²) >= 11 is 0. The van der Waals surface area contributed by atoms with Crippen molar-refractivity contribution in [1.82, 2.24) is 9.13 Å². The van der Waals surface area contributed by atoms with Crippen molar-refractivity contribution in [3.8, 4) is 5.69 Å². The highest BCUT2D eigenvalue weighted by Gasteiger charge is 2.38. The highest BCUT2D eigenvalue weighted by molar-refractivity contribution is 6.25. The van der Waals surface area contributed by atoms with Crippen LogP contribution in [0.3, 0.4) is 0 Å². The fraction of sp³-hybridized carbons (Fsp3) is 0.209. The number of rotatable bonds is 3. The molecule has 0 atom stereocenters. The zero-order valence-electron chi connectivity index (χ0n) is 26.6. The van der Waals surface area contributed by atoms with Crippen LogP contribution >= 0.6 is 0 Å². The molecule has 220 valence electrons. The lowest BCUT2D eigenvalue weighted by molar-refractivity contribution is 0.332. The molecule has 2 aromatic heterocycles. The van der Waals surface area contributed by atoms with Crippen molar-refractivity contribution in [3.05, 3.63) is 138 Å². The number of nitrogens with zero attached hydrogens (tertiary/aromatic N) is 2. The van der Waals surface area contributed by atoms with Crippen LogP contribution in [0.2, 0.25) is 0 Å². The average Bonchev–Trinajstić information content (AvgIpc) is 3.54. The Bertz CT molecular complexity index is 2440. The van der Waals surface area contributed by atoms with E-state index in [1.807, 2.05) is 0 Å². The van der Waals surface area contributed by atoms with E-state index in [4.69, 9.17) is 0 Å². The molecule has 1 aliphatic carbocycles. The molecule has 0 bridgehead atoms. The topological polar surface area (TPSA) is 9.86 Å². The van der Waals surface area contributed by atoms with Gasteiger partial charge in [0.15, 0.2) is 0 Å². The summed E-state index contributed by atoms with van der Waals surface area (Å²) < 4.78 is 5.06. The van der Waals surface area contributed by atoms with Crippen LogP contribution in [0.15, 0.2) is 121 Å². The molecule has 0 fully saturated rings. The van der Waals surface area contributed by atoms with Gasteiger partial charge in [-0.1, -0.05) is 107 Å². The average molecular weight is 583 g/mol. The molecule has 0 spiro atoms. The molecule has 0 radical (unpaired) electrons. The smallest absolute Gasteiger partial charge is 0.0562 e. The Hall–Kier alpha value is -4.82. The van der Waals surface area contributed by atoms with Crippen LogP contribution in [0.25, 0.3) is 60.1 Å². The molecule has 2 heteroatoms. The summed E-state index contributed by atoms with van der Waals surface area (Å²) in [6, 6.07) is 45.4. The second kappa shape index (κ2) is 9.34. The molecule has 0 amide bonds. The monoisotopic (exact) mass is 582 g/mol. The zero-order valence-corrected chi connectivity index (χ0v) is 26.6. The third-order valence-electron chi connectivity index (χ3n) is 10.8. The van der Waals surface area contributed by atoms with Crippen LogP contribution < -0.4 is 0 Å². The first-order chi connectivity index (χ1) is 21.8. The van der Waals surface area contributed by atoms with Crippen molar-refractivity contribution in [1.29, 1.82) is 0 Å². The van der Waals surface area contributed by atoms with Crippen LogP contribution in [0.4, 0.5) is 0 Å². The Balaban J connectivity index is 1.47. The molecule has 0 saturated heterocycles. The summed E-state index contributed by atoms with van der Waals surface area (Å²) in [5, 5.41) is 7.96. The number of benzene rings is 6. The minimum absolute atomic E-state index is 0.142. The van der Waals surface area contributed by atoms with E-state index < -0.39 is 0 Å². The van der Waals surface area contributed by atoms with Gasteiger partial charge in [-0.15, -0.1) is 0 Å². The third kappa shape index (κ3) is 3.88. The van der Waals surface area contributed by atoms with Gasteiger partial charge in [-0.05, 0) is 93.6 Å². The van der Waals surface area contributed by atoms with E-state index in [0.29, 0.717) is 0 Å². The van der Waals surface area contributed by atoms with Crippen molar-refractivity contribution in [2.75, 3.05) is 0 Å². The predicted molar refractivity (Wildman–Crippen MR) is 192 cm³/mol. The largest absolute Gasteiger partial charge is 0.336 e. The van der Waals surface area contributed by atoms with Crippen molar-refractivity contribution < 1.29 is 0 Å². The Morgan fingerprint density at radius 2 is 1.13 bits per heavy atom. The molecular weight excluding hydrogens is 544 g/mol. The van der Waals surface area contributed by atoms with Crippen LogP contribution in [0.1, 0.15) is 57.2 Å². The maximum absolute atomic E-state index is 2.56. The second-order valence-corrected chi connectivity index (χ2v) is 14.5. The summed E-state index contributed by atoms with van der Waals surface area (Å²) in [4.78, 5) is 0. The third-order valence-corrected chi connectivity index (χ3v) is 10.8. The van der Waals surface area contributed by atoms with Gasteiger partial charge in [0, 0.05) is 33.8 Å². The molecule has 9 rings (SSSR count). The summed E-state index contributed by atoms with van der Waals surface area (Å²) in [7, 11) is 0. The Morgan fingerprint density at radius 1 is 0.511 bits per heavy atom. The molecule has 1 aliphatic rings. The number of fused-ring (bicyclic) bond motifs is 9. The summed E-state index contributed by atoms with van der Waals surface area (Å²) in [5.41, 5.74) is 11.0. The van der Waals surface area contributed by atoms with Gasteiger partial charge < -0.3 is 9.13 Å². The maximum atomic E-state index is 2.56. The van der Waals surface area contributed by atoms with Gasteiger partial charge >= 0.3 is 0 Å². The quantitative estimate of drug-likeness (QED) is 0.196. The minimum Gasteiger partial charge on any atom is -0.336 e. The Kier molecular flexibility index (Phi) is 5.52. The van der Waals surface area contributed by atoms with Crippen molar-refractivity contribution >= 4 is 54.4 Å². The van der Waals surface area contributed by atoms with Gasteiger partial charge in [0.1, 0.15) is 0 Å². The fourth-order valence-corrected chi connectivity index (χ4v) is 8.22. The van der Waals surface area contributed by atoms with E-state index in [2.05, 4.69) is 158 Å². The van der Waals surface area contributed by atoms with E-state index in [-0.39, 0.29) is 10.8 Å². The highest BCUT2D eigenvalue weighted by atomic mass is 15.0. The first-order valence-electron chi connectivity index (χ1n) is 16.4. The molecule has 0 aliphatic heterocycles. The maximum Gasteiger partial charge on any atom is 0.0562 e. The molecule has 2 heterocycles. The Morgan fingerprint density at radius 3 is 1.89 bits per heavy atom. The minimum atomic E-state index is 0.142. The van der Waals surface area contributed by atoms with Gasteiger partial charge in [-0.2, -0.15) is 0 Å². The number of hydrogen-bond acceptors (Lipinski definition) is 0. The molecule has 0 saturated carbocycles. The van der Waals surface area contributed by atoms with Crippen molar-refractivity contribution in [3.63, 3.8) is 0 Å². The van der Waals surface area contributed by atoms with Crippen LogP contribution in [-0.4, -0.2) is 9.13 Å².